The second kappa shape index (κ2) is 6.60. The van der Waals surface area contributed by atoms with E-state index >= 15 is 0 Å². The molecule has 1 aliphatic heterocycles. The Morgan fingerprint density at radius 2 is 2.09 bits per heavy atom. The summed E-state index contributed by atoms with van der Waals surface area (Å²) in [5.74, 6) is -1.34. The van der Waals surface area contributed by atoms with Crippen LogP contribution in [0.15, 0.2) is 24.3 Å². The smallest absolute Gasteiger partial charge is 0.323 e. The number of hydrogen-bond acceptors (Lipinski definition) is 3. The van der Waals surface area contributed by atoms with Crippen LogP contribution in [-0.4, -0.2) is 46.9 Å². The first-order chi connectivity index (χ1) is 10.4. The van der Waals surface area contributed by atoms with E-state index in [-0.39, 0.29) is 24.4 Å². The lowest BCUT2D eigenvalue weighted by molar-refractivity contribution is -0.138. The van der Waals surface area contributed by atoms with Gasteiger partial charge in [-0.2, -0.15) is 0 Å². The molecule has 0 bridgehead atoms. The predicted molar refractivity (Wildman–Crippen MR) is 81.8 cm³/mol. The second-order valence-electron chi connectivity index (χ2n) is 5.62. The summed E-state index contributed by atoms with van der Waals surface area (Å²) < 4.78 is 0. The van der Waals surface area contributed by atoms with Crippen LogP contribution in [0.1, 0.15) is 37.0 Å². The number of nitrogens with zero attached hydrogens (tertiary/aromatic N) is 2. The lowest BCUT2D eigenvalue weighted by Gasteiger charge is -2.25. The van der Waals surface area contributed by atoms with Crippen molar-refractivity contribution >= 4 is 23.5 Å². The zero-order valence-corrected chi connectivity index (χ0v) is 12.8. The highest BCUT2D eigenvalue weighted by Crippen LogP contribution is 2.23. The van der Waals surface area contributed by atoms with Crippen LogP contribution < -0.4 is 4.90 Å². The molecule has 1 fully saturated rings. The van der Waals surface area contributed by atoms with Gasteiger partial charge in [-0.05, 0) is 38.5 Å². The SMILES string of the molecule is CC(C)N(CC(=O)O)C(=O)c1cccc(N2CCCC2=O)c1. The van der Waals surface area contributed by atoms with E-state index < -0.39 is 5.97 Å². The van der Waals surface area contributed by atoms with Crippen LogP contribution in [0.25, 0.3) is 0 Å². The first-order valence-electron chi connectivity index (χ1n) is 7.33. The van der Waals surface area contributed by atoms with E-state index in [0.29, 0.717) is 24.2 Å². The third-order valence-electron chi connectivity index (χ3n) is 3.67. The Labute approximate surface area is 129 Å². The Bertz CT molecular complexity index is 598. The lowest BCUT2D eigenvalue weighted by atomic mass is 10.1. The van der Waals surface area contributed by atoms with Crippen molar-refractivity contribution < 1.29 is 19.5 Å². The molecule has 0 aliphatic carbocycles. The monoisotopic (exact) mass is 304 g/mol. The highest BCUT2D eigenvalue weighted by Gasteiger charge is 2.24. The summed E-state index contributed by atoms with van der Waals surface area (Å²) in [5, 5.41) is 8.94. The summed E-state index contributed by atoms with van der Waals surface area (Å²) in [5.41, 5.74) is 1.08. The third kappa shape index (κ3) is 3.44. The minimum absolute atomic E-state index is 0.0517. The molecule has 2 rings (SSSR count). The van der Waals surface area contributed by atoms with Crippen molar-refractivity contribution in [1.29, 1.82) is 0 Å². The molecular formula is C16H20N2O4. The Kier molecular flexibility index (Phi) is 4.80. The van der Waals surface area contributed by atoms with Gasteiger partial charge < -0.3 is 14.9 Å². The van der Waals surface area contributed by atoms with Crippen LogP contribution in [0, 0.1) is 0 Å². The van der Waals surface area contributed by atoms with Gasteiger partial charge in [0, 0.05) is 30.3 Å². The van der Waals surface area contributed by atoms with Crippen molar-refractivity contribution in [3.63, 3.8) is 0 Å². The molecule has 0 aromatic heterocycles. The van der Waals surface area contributed by atoms with Gasteiger partial charge in [0.15, 0.2) is 0 Å². The van der Waals surface area contributed by atoms with E-state index in [4.69, 9.17) is 5.11 Å². The molecule has 6 heteroatoms. The Morgan fingerprint density at radius 3 is 2.64 bits per heavy atom. The predicted octanol–water partition coefficient (Wildman–Crippen LogP) is 1.75. The molecular weight excluding hydrogens is 284 g/mol. The van der Waals surface area contributed by atoms with Crippen molar-refractivity contribution in [2.75, 3.05) is 18.0 Å². The Balaban J connectivity index is 2.25. The molecule has 1 aliphatic rings. The number of aliphatic carboxylic acids is 1. The average molecular weight is 304 g/mol. The maximum atomic E-state index is 12.5. The van der Waals surface area contributed by atoms with Gasteiger partial charge in [-0.15, -0.1) is 0 Å². The summed E-state index contributed by atoms with van der Waals surface area (Å²) in [6, 6.07) is 6.58. The Hall–Kier alpha value is -2.37. The molecule has 118 valence electrons. The lowest BCUT2D eigenvalue weighted by Crippen LogP contribution is -2.40. The van der Waals surface area contributed by atoms with Crippen molar-refractivity contribution in [1.82, 2.24) is 4.90 Å². The maximum Gasteiger partial charge on any atom is 0.323 e. The number of carboxylic acids is 1. The van der Waals surface area contributed by atoms with Crippen LogP contribution in [0.5, 0.6) is 0 Å². The van der Waals surface area contributed by atoms with Crippen LogP contribution in [-0.2, 0) is 9.59 Å². The van der Waals surface area contributed by atoms with Crippen molar-refractivity contribution in [2.24, 2.45) is 0 Å². The van der Waals surface area contributed by atoms with Gasteiger partial charge in [-0.25, -0.2) is 0 Å². The molecule has 1 aromatic carbocycles. The first kappa shape index (κ1) is 16.0. The molecule has 22 heavy (non-hydrogen) atoms. The average Bonchev–Trinajstić information content (AvgIpc) is 2.90. The summed E-state index contributed by atoms with van der Waals surface area (Å²) >= 11 is 0. The van der Waals surface area contributed by atoms with Crippen LogP contribution in [0.3, 0.4) is 0 Å². The van der Waals surface area contributed by atoms with Crippen molar-refractivity contribution in [3.8, 4) is 0 Å². The Morgan fingerprint density at radius 1 is 1.36 bits per heavy atom. The maximum absolute atomic E-state index is 12.5. The van der Waals surface area contributed by atoms with Gasteiger partial charge in [0.25, 0.3) is 5.91 Å². The van der Waals surface area contributed by atoms with Crippen LogP contribution >= 0.6 is 0 Å². The third-order valence-corrected chi connectivity index (χ3v) is 3.67. The van der Waals surface area contributed by atoms with Crippen LogP contribution in [0.2, 0.25) is 0 Å². The van der Waals surface area contributed by atoms with Crippen molar-refractivity contribution in [2.45, 2.75) is 32.7 Å². The highest BCUT2D eigenvalue weighted by atomic mass is 16.4. The summed E-state index contributed by atoms with van der Waals surface area (Å²) in [4.78, 5) is 38.2. The molecule has 1 heterocycles. The molecule has 0 saturated carbocycles. The van der Waals surface area contributed by atoms with Gasteiger partial charge >= 0.3 is 5.97 Å². The number of amides is 2. The van der Waals surface area contributed by atoms with Gasteiger partial charge in [0.2, 0.25) is 5.91 Å². The highest BCUT2D eigenvalue weighted by molar-refractivity contribution is 5.99. The largest absolute Gasteiger partial charge is 0.480 e. The van der Waals surface area contributed by atoms with Crippen molar-refractivity contribution in [3.05, 3.63) is 29.8 Å². The number of carbonyl (C=O) groups excluding carboxylic acids is 2. The zero-order chi connectivity index (χ0) is 16.3. The quantitative estimate of drug-likeness (QED) is 0.899. The molecule has 1 saturated heterocycles. The topological polar surface area (TPSA) is 77.9 Å². The minimum atomic E-state index is -1.05. The normalized spacial score (nSPS) is 14.5. The zero-order valence-electron chi connectivity index (χ0n) is 12.8. The van der Waals surface area contributed by atoms with E-state index in [1.165, 1.54) is 4.90 Å². The molecule has 0 spiro atoms. The van der Waals surface area contributed by atoms with E-state index in [9.17, 15) is 14.4 Å². The number of carbonyl (C=O) groups is 3. The minimum Gasteiger partial charge on any atom is -0.480 e. The standard InChI is InChI=1S/C16H20N2O4/c1-11(2)18(10-15(20)21)16(22)12-5-3-6-13(9-12)17-8-4-7-14(17)19/h3,5-6,9,11H,4,7-8,10H2,1-2H3,(H,20,21). The molecule has 0 atom stereocenters. The second-order valence-corrected chi connectivity index (χ2v) is 5.62. The van der Waals surface area contributed by atoms with E-state index in [1.54, 1.807) is 43.0 Å². The van der Waals surface area contributed by atoms with E-state index in [1.807, 2.05) is 0 Å². The van der Waals surface area contributed by atoms with Gasteiger partial charge in [-0.3, -0.25) is 14.4 Å². The number of hydrogen-bond donors (Lipinski definition) is 1. The fraction of sp³-hybridized carbons (Fsp3) is 0.438. The molecule has 1 aromatic rings. The van der Waals surface area contributed by atoms with E-state index in [2.05, 4.69) is 0 Å². The number of benzene rings is 1. The number of anilines is 1. The summed E-state index contributed by atoms with van der Waals surface area (Å²) in [7, 11) is 0. The molecule has 6 nitrogen and oxygen atoms in total. The first-order valence-corrected chi connectivity index (χ1v) is 7.33. The fourth-order valence-electron chi connectivity index (χ4n) is 2.53. The molecule has 0 unspecified atom stereocenters. The van der Waals surface area contributed by atoms with Gasteiger partial charge in [-0.1, -0.05) is 6.07 Å². The summed E-state index contributed by atoms with van der Waals surface area (Å²) in [6.07, 6.45) is 1.34. The molecule has 0 radical (unpaired) electrons. The fourth-order valence-corrected chi connectivity index (χ4v) is 2.53. The van der Waals surface area contributed by atoms with E-state index in [0.717, 1.165) is 6.42 Å². The van der Waals surface area contributed by atoms with Gasteiger partial charge in [0.1, 0.15) is 6.54 Å². The molecule has 1 N–H and O–H groups in total. The molecule has 2 amide bonds. The van der Waals surface area contributed by atoms with Gasteiger partial charge in [0.05, 0.1) is 0 Å². The number of carboxylic acid groups (broad SMARTS) is 1. The summed E-state index contributed by atoms with van der Waals surface area (Å²) in [6.45, 7) is 3.85. The van der Waals surface area contributed by atoms with Crippen LogP contribution in [0.4, 0.5) is 5.69 Å². The number of rotatable bonds is 5.